The van der Waals surface area contributed by atoms with Crippen LogP contribution in [0.25, 0.3) is 11.1 Å². The summed E-state index contributed by atoms with van der Waals surface area (Å²) >= 11 is 0. The predicted octanol–water partition coefficient (Wildman–Crippen LogP) is 3.48. The van der Waals surface area contributed by atoms with Crippen molar-refractivity contribution in [3.05, 3.63) is 89.0 Å². The molecule has 6 nitrogen and oxygen atoms in total. The quantitative estimate of drug-likeness (QED) is 0.440. The molecule has 0 aliphatic heterocycles. The van der Waals surface area contributed by atoms with Crippen LogP contribution in [-0.2, 0) is 4.74 Å². The summed E-state index contributed by atoms with van der Waals surface area (Å²) in [6.07, 6.45) is -4.43. The molecular formula is C24H22F2N2O4. The Morgan fingerprint density at radius 2 is 1.59 bits per heavy atom. The molecule has 0 radical (unpaired) electrons. The van der Waals surface area contributed by atoms with E-state index in [4.69, 9.17) is 10.5 Å². The molecule has 32 heavy (non-hydrogen) atoms. The van der Waals surface area contributed by atoms with E-state index >= 15 is 0 Å². The van der Waals surface area contributed by atoms with E-state index in [1.54, 1.807) is 0 Å². The van der Waals surface area contributed by atoms with Crippen molar-refractivity contribution in [2.75, 3.05) is 18.9 Å². The lowest BCUT2D eigenvalue weighted by atomic mass is 9.98. The molecule has 2 atom stereocenters. The standard InChI is InChI=1S/C24H22F2N2O4/c25-18-9-10-19(27)22(26)21(18)23(30)20(29)11-28-24(31)32-12-17-15-7-3-1-5-13(15)14-6-2-4-8-16(14)17/h1-10,17,20,23,29-30H,11-12,27H2,(H,28,31). The molecule has 4 rings (SSSR count). The number of alkyl carbamates (subject to hydrolysis) is 1. The van der Waals surface area contributed by atoms with Crippen LogP contribution in [0.4, 0.5) is 19.3 Å². The number of rotatable bonds is 6. The normalized spacial score (nSPS) is 14.4. The number of nitrogens with two attached hydrogens (primary N) is 1. The van der Waals surface area contributed by atoms with Gasteiger partial charge in [-0.2, -0.15) is 0 Å². The Morgan fingerprint density at radius 3 is 2.22 bits per heavy atom. The number of hydrogen-bond acceptors (Lipinski definition) is 5. The lowest BCUT2D eigenvalue weighted by Gasteiger charge is -2.20. The molecule has 0 bridgehead atoms. The fraction of sp³-hybridized carbons (Fsp3) is 0.208. The Hall–Kier alpha value is -3.49. The van der Waals surface area contributed by atoms with Crippen LogP contribution in [-0.4, -0.2) is 35.6 Å². The first kappa shape index (κ1) is 21.7. The molecular weight excluding hydrogens is 418 g/mol. The van der Waals surface area contributed by atoms with E-state index in [9.17, 15) is 23.8 Å². The minimum absolute atomic E-state index is 0.0665. The second kappa shape index (κ2) is 8.94. The number of fused-ring (bicyclic) bond motifs is 3. The Kier molecular flexibility index (Phi) is 6.07. The molecule has 3 aromatic carbocycles. The molecule has 3 aromatic rings. The number of anilines is 1. The van der Waals surface area contributed by atoms with Crippen LogP contribution in [0.5, 0.6) is 0 Å². The maximum absolute atomic E-state index is 14.1. The second-order valence-corrected chi connectivity index (χ2v) is 7.58. The summed E-state index contributed by atoms with van der Waals surface area (Å²) in [6.45, 7) is -0.414. The summed E-state index contributed by atoms with van der Waals surface area (Å²) < 4.78 is 33.3. The topological polar surface area (TPSA) is 105 Å². The molecule has 166 valence electrons. The van der Waals surface area contributed by atoms with Gasteiger partial charge in [-0.1, -0.05) is 48.5 Å². The highest BCUT2D eigenvalue weighted by atomic mass is 19.1. The number of aliphatic hydroxyl groups excluding tert-OH is 2. The zero-order valence-corrected chi connectivity index (χ0v) is 17.0. The molecule has 8 heteroatoms. The van der Waals surface area contributed by atoms with Gasteiger partial charge in [-0.15, -0.1) is 0 Å². The summed E-state index contributed by atoms with van der Waals surface area (Å²) in [5.74, 6) is -2.35. The summed E-state index contributed by atoms with van der Waals surface area (Å²) in [6, 6.07) is 17.6. The van der Waals surface area contributed by atoms with Gasteiger partial charge in [0.25, 0.3) is 0 Å². The number of carbonyl (C=O) groups excluding carboxylic acids is 1. The van der Waals surface area contributed by atoms with E-state index < -0.39 is 42.0 Å². The van der Waals surface area contributed by atoms with Gasteiger partial charge >= 0.3 is 6.09 Å². The average molecular weight is 440 g/mol. The molecule has 5 N–H and O–H groups in total. The summed E-state index contributed by atoms with van der Waals surface area (Å²) in [7, 11) is 0. The van der Waals surface area contributed by atoms with E-state index in [2.05, 4.69) is 5.32 Å². The highest BCUT2D eigenvalue weighted by Gasteiger charge is 2.30. The summed E-state index contributed by atoms with van der Waals surface area (Å²) in [4.78, 5) is 12.2. The first-order chi connectivity index (χ1) is 15.4. The molecule has 1 aliphatic carbocycles. The third-order valence-electron chi connectivity index (χ3n) is 5.62. The first-order valence-corrected chi connectivity index (χ1v) is 10.1. The van der Waals surface area contributed by atoms with Crippen LogP contribution in [0.1, 0.15) is 28.7 Å². The molecule has 0 aromatic heterocycles. The number of nitrogen functional groups attached to an aromatic ring is 1. The zero-order valence-electron chi connectivity index (χ0n) is 17.0. The van der Waals surface area contributed by atoms with Gasteiger partial charge in [-0.3, -0.25) is 0 Å². The number of benzene rings is 3. The number of aliphatic hydroxyl groups is 2. The van der Waals surface area contributed by atoms with Crippen LogP contribution in [0, 0.1) is 11.6 Å². The van der Waals surface area contributed by atoms with Gasteiger partial charge in [0.1, 0.15) is 24.6 Å². The minimum atomic E-state index is -1.92. The van der Waals surface area contributed by atoms with Gasteiger partial charge in [0, 0.05) is 12.5 Å². The number of ether oxygens (including phenoxy) is 1. The predicted molar refractivity (Wildman–Crippen MR) is 115 cm³/mol. The van der Waals surface area contributed by atoms with Crippen molar-refractivity contribution in [2.45, 2.75) is 18.1 Å². The Morgan fingerprint density at radius 1 is 1.00 bits per heavy atom. The van der Waals surface area contributed by atoms with Gasteiger partial charge in [-0.25, -0.2) is 13.6 Å². The second-order valence-electron chi connectivity index (χ2n) is 7.58. The monoisotopic (exact) mass is 440 g/mol. The average Bonchev–Trinajstić information content (AvgIpc) is 3.12. The smallest absolute Gasteiger partial charge is 0.407 e. The maximum atomic E-state index is 14.1. The molecule has 0 fully saturated rings. The third-order valence-corrected chi connectivity index (χ3v) is 5.62. The lowest BCUT2D eigenvalue weighted by molar-refractivity contribution is 0.0145. The van der Waals surface area contributed by atoms with Crippen molar-refractivity contribution < 1.29 is 28.5 Å². The van der Waals surface area contributed by atoms with Crippen molar-refractivity contribution in [3.8, 4) is 11.1 Å². The Labute approximate surface area is 183 Å². The number of halogens is 2. The fourth-order valence-corrected chi connectivity index (χ4v) is 4.00. The first-order valence-electron chi connectivity index (χ1n) is 10.1. The molecule has 1 aliphatic rings. The number of nitrogens with one attached hydrogen (secondary N) is 1. The van der Waals surface area contributed by atoms with Crippen molar-refractivity contribution in [2.24, 2.45) is 0 Å². The zero-order chi connectivity index (χ0) is 22.8. The summed E-state index contributed by atoms with van der Waals surface area (Å²) in [5.41, 5.74) is 8.53. The van der Waals surface area contributed by atoms with Crippen LogP contribution in [0.15, 0.2) is 60.7 Å². The molecule has 0 saturated heterocycles. The van der Waals surface area contributed by atoms with Gasteiger partial charge in [0.2, 0.25) is 0 Å². The van der Waals surface area contributed by atoms with E-state index in [0.29, 0.717) is 0 Å². The molecule has 2 unspecified atom stereocenters. The van der Waals surface area contributed by atoms with Crippen LogP contribution < -0.4 is 11.1 Å². The molecule has 1 amide bonds. The van der Waals surface area contributed by atoms with Gasteiger partial charge in [0.15, 0.2) is 5.82 Å². The Bertz CT molecular complexity index is 1110. The van der Waals surface area contributed by atoms with E-state index in [1.807, 2.05) is 48.5 Å². The van der Waals surface area contributed by atoms with Crippen molar-refractivity contribution in [1.29, 1.82) is 0 Å². The van der Waals surface area contributed by atoms with Gasteiger partial charge in [0.05, 0.1) is 11.3 Å². The fourth-order valence-electron chi connectivity index (χ4n) is 4.00. The minimum Gasteiger partial charge on any atom is -0.449 e. The SMILES string of the molecule is Nc1ccc(F)c(C(O)C(O)CNC(=O)OCC2c3ccccc3-c3ccccc32)c1F. The summed E-state index contributed by atoms with van der Waals surface area (Å²) in [5, 5.41) is 22.5. The van der Waals surface area contributed by atoms with Gasteiger partial charge in [-0.05, 0) is 34.4 Å². The molecule has 0 heterocycles. The molecule has 0 saturated carbocycles. The van der Waals surface area contributed by atoms with E-state index in [1.165, 1.54) is 0 Å². The number of hydrogen-bond donors (Lipinski definition) is 4. The van der Waals surface area contributed by atoms with Crippen LogP contribution >= 0.6 is 0 Å². The number of amides is 1. The van der Waals surface area contributed by atoms with Crippen molar-refractivity contribution >= 4 is 11.8 Å². The van der Waals surface area contributed by atoms with Crippen LogP contribution in [0.3, 0.4) is 0 Å². The largest absolute Gasteiger partial charge is 0.449 e. The highest BCUT2D eigenvalue weighted by molar-refractivity contribution is 5.79. The van der Waals surface area contributed by atoms with Crippen molar-refractivity contribution in [3.63, 3.8) is 0 Å². The van der Waals surface area contributed by atoms with Gasteiger partial charge < -0.3 is 26.0 Å². The molecule has 0 spiro atoms. The number of carbonyl (C=O) groups is 1. The van der Waals surface area contributed by atoms with E-state index in [-0.39, 0.29) is 18.2 Å². The third kappa shape index (κ3) is 4.02. The lowest BCUT2D eigenvalue weighted by Crippen LogP contribution is -2.36. The Balaban J connectivity index is 1.37. The van der Waals surface area contributed by atoms with E-state index in [0.717, 1.165) is 34.4 Å². The van der Waals surface area contributed by atoms with Crippen molar-refractivity contribution in [1.82, 2.24) is 5.32 Å². The highest BCUT2D eigenvalue weighted by Crippen LogP contribution is 2.44. The van der Waals surface area contributed by atoms with Crippen LogP contribution in [0.2, 0.25) is 0 Å². The maximum Gasteiger partial charge on any atom is 0.407 e.